The standard InChI is InChI=1S/C21H26F3N3O/c22-21(23,24)16-5-6-18-19(13-16)25-14-27(20(18)28)12-9-15-7-10-26(11-8-15)17-3-1-2-4-17/h5-6,13-15,17H,1-4,7-12H2. The molecule has 1 saturated heterocycles. The third kappa shape index (κ3) is 4.09. The van der Waals surface area contributed by atoms with Gasteiger partial charge in [0.1, 0.15) is 0 Å². The van der Waals surface area contributed by atoms with E-state index >= 15 is 0 Å². The number of alkyl halides is 3. The van der Waals surface area contributed by atoms with Crippen LogP contribution in [0, 0.1) is 5.92 Å². The molecule has 0 unspecified atom stereocenters. The van der Waals surface area contributed by atoms with Gasteiger partial charge in [-0.2, -0.15) is 13.2 Å². The van der Waals surface area contributed by atoms with Crippen LogP contribution in [0.3, 0.4) is 0 Å². The molecule has 1 aliphatic heterocycles. The molecule has 1 aliphatic carbocycles. The highest BCUT2D eigenvalue weighted by Gasteiger charge is 2.31. The normalized spacial score (nSPS) is 20.2. The van der Waals surface area contributed by atoms with E-state index in [1.54, 1.807) is 4.57 Å². The molecule has 0 bridgehead atoms. The number of hydrogen-bond acceptors (Lipinski definition) is 3. The first-order valence-corrected chi connectivity index (χ1v) is 10.2. The molecule has 2 fully saturated rings. The second-order valence-electron chi connectivity index (χ2n) is 8.18. The summed E-state index contributed by atoms with van der Waals surface area (Å²) in [5.41, 5.74) is -0.943. The van der Waals surface area contributed by atoms with Gasteiger partial charge < -0.3 is 4.90 Å². The van der Waals surface area contributed by atoms with E-state index in [0.29, 0.717) is 12.5 Å². The Morgan fingerprint density at radius 2 is 1.79 bits per heavy atom. The molecule has 1 aromatic carbocycles. The first-order valence-electron chi connectivity index (χ1n) is 10.2. The number of benzene rings is 1. The van der Waals surface area contributed by atoms with Gasteiger partial charge in [-0.05, 0) is 69.3 Å². The second-order valence-corrected chi connectivity index (χ2v) is 8.18. The Bertz CT molecular complexity index is 879. The third-order valence-corrected chi connectivity index (χ3v) is 6.42. The fraction of sp³-hybridized carbons (Fsp3) is 0.619. The number of piperidine rings is 1. The van der Waals surface area contributed by atoms with Crippen LogP contribution in [0.4, 0.5) is 13.2 Å². The summed E-state index contributed by atoms with van der Waals surface area (Å²) in [6, 6.07) is 3.91. The number of rotatable bonds is 4. The summed E-state index contributed by atoms with van der Waals surface area (Å²) in [4.78, 5) is 19.4. The number of aryl methyl sites for hydroxylation is 1. The number of aromatic nitrogens is 2. The predicted molar refractivity (Wildman–Crippen MR) is 102 cm³/mol. The van der Waals surface area contributed by atoms with Gasteiger partial charge in [-0.3, -0.25) is 9.36 Å². The summed E-state index contributed by atoms with van der Waals surface area (Å²) >= 11 is 0. The van der Waals surface area contributed by atoms with Crippen LogP contribution in [0.5, 0.6) is 0 Å². The quantitative estimate of drug-likeness (QED) is 0.770. The summed E-state index contributed by atoms with van der Waals surface area (Å²) in [5, 5.41) is 0.242. The number of fused-ring (bicyclic) bond motifs is 1. The SMILES string of the molecule is O=c1c2ccc(C(F)(F)F)cc2ncn1CCC1CCN(C2CCCC2)CC1. The number of hydrogen-bond donors (Lipinski definition) is 0. The van der Waals surface area contributed by atoms with Crippen LogP contribution >= 0.6 is 0 Å². The molecule has 2 aliphatic rings. The van der Waals surface area contributed by atoms with Crippen LogP contribution in [0.2, 0.25) is 0 Å². The van der Waals surface area contributed by atoms with Gasteiger partial charge in [0.2, 0.25) is 0 Å². The Kier molecular flexibility index (Phi) is 5.45. The average molecular weight is 393 g/mol. The first kappa shape index (κ1) is 19.4. The number of nitrogens with zero attached hydrogens (tertiary/aromatic N) is 3. The Balaban J connectivity index is 1.38. The second kappa shape index (κ2) is 7.85. The summed E-state index contributed by atoms with van der Waals surface area (Å²) in [6.07, 6.45) is 5.54. The van der Waals surface area contributed by atoms with E-state index in [1.165, 1.54) is 38.1 Å². The van der Waals surface area contributed by atoms with Crippen LogP contribution in [0.1, 0.15) is 50.5 Å². The fourth-order valence-electron chi connectivity index (χ4n) is 4.69. The molecule has 7 heteroatoms. The largest absolute Gasteiger partial charge is 0.416 e. The lowest BCUT2D eigenvalue weighted by Crippen LogP contribution is -2.40. The van der Waals surface area contributed by atoms with E-state index in [1.807, 2.05) is 0 Å². The molecule has 4 rings (SSSR count). The maximum absolute atomic E-state index is 12.8. The summed E-state index contributed by atoms with van der Waals surface area (Å²) < 4.78 is 40.0. The molecule has 0 atom stereocenters. The fourth-order valence-corrected chi connectivity index (χ4v) is 4.69. The van der Waals surface area contributed by atoms with Gasteiger partial charge in [0.15, 0.2) is 0 Å². The maximum atomic E-state index is 12.8. The highest BCUT2D eigenvalue weighted by atomic mass is 19.4. The van der Waals surface area contributed by atoms with Crippen molar-refractivity contribution in [1.29, 1.82) is 0 Å². The zero-order valence-corrected chi connectivity index (χ0v) is 15.9. The van der Waals surface area contributed by atoms with Crippen molar-refractivity contribution in [3.05, 3.63) is 40.4 Å². The van der Waals surface area contributed by atoms with Crippen LogP contribution < -0.4 is 5.56 Å². The third-order valence-electron chi connectivity index (χ3n) is 6.42. The molecule has 28 heavy (non-hydrogen) atoms. The minimum absolute atomic E-state index is 0.0981. The van der Waals surface area contributed by atoms with E-state index in [4.69, 9.17) is 0 Å². The Morgan fingerprint density at radius 1 is 1.07 bits per heavy atom. The summed E-state index contributed by atoms with van der Waals surface area (Å²) in [5.74, 6) is 0.591. The molecular weight excluding hydrogens is 367 g/mol. The van der Waals surface area contributed by atoms with Crippen LogP contribution in [0.25, 0.3) is 10.9 Å². The molecule has 4 nitrogen and oxygen atoms in total. The average Bonchev–Trinajstić information content (AvgIpc) is 3.22. The zero-order valence-electron chi connectivity index (χ0n) is 15.9. The van der Waals surface area contributed by atoms with E-state index < -0.39 is 11.7 Å². The van der Waals surface area contributed by atoms with Gasteiger partial charge in [-0.15, -0.1) is 0 Å². The van der Waals surface area contributed by atoms with E-state index in [-0.39, 0.29) is 16.5 Å². The van der Waals surface area contributed by atoms with Crippen molar-refractivity contribution >= 4 is 10.9 Å². The molecule has 152 valence electrons. The topological polar surface area (TPSA) is 38.1 Å². The summed E-state index contributed by atoms with van der Waals surface area (Å²) in [7, 11) is 0. The molecule has 2 heterocycles. The Labute approximate surface area is 162 Å². The molecule has 0 N–H and O–H groups in total. The lowest BCUT2D eigenvalue weighted by molar-refractivity contribution is -0.137. The Hall–Kier alpha value is -1.89. The maximum Gasteiger partial charge on any atom is 0.416 e. The minimum atomic E-state index is -4.43. The monoisotopic (exact) mass is 393 g/mol. The molecule has 1 saturated carbocycles. The smallest absolute Gasteiger partial charge is 0.300 e. The van der Waals surface area contributed by atoms with Crippen LogP contribution in [-0.2, 0) is 12.7 Å². The lowest BCUT2D eigenvalue weighted by Gasteiger charge is -2.36. The predicted octanol–water partition coefficient (Wildman–Crippen LogP) is 4.46. The van der Waals surface area contributed by atoms with Crippen molar-refractivity contribution in [2.75, 3.05) is 13.1 Å². The van der Waals surface area contributed by atoms with Gasteiger partial charge in [-0.1, -0.05) is 12.8 Å². The molecule has 0 radical (unpaired) electrons. The van der Waals surface area contributed by atoms with Gasteiger partial charge >= 0.3 is 6.18 Å². The Morgan fingerprint density at radius 3 is 2.46 bits per heavy atom. The van der Waals surface area contributed by atoms with Crippen LogP contribution in [0.15, 0.2) is 29.3 Å². The highest BCUT2D eigenvalue weighted by molar-refractivity contribution is 5.78. The van der Waals surface area contributed by atoms with Gasteiger partial charge in [0.25, 0.3) is 5.56 Å². The van der Waals surface area contributed by atoms with E-state index in [9.17, 15) is 18.0 Å². The van der Waals surface area contributed by atoms with E-state index in [0.717, 1.165) is 50.5 Å². The number of likely N-dealkylation sites (tertiary alicyclic amines) is 1. The molecule has 2 aromatic rings. The molecule has 0 spiro atoms. The highest BCUT2D eigenvalue weighted by Crippen LogP contribution is 2.31. The van der Waals surface area contributed by atoms with Crippen molar-refractivity contribution < 1.29 is 13.2 Å². The van der Waals surface area contributed by atoms with Gasteiger partial charge in [-0.25, -0.2) is 4.98 Å². The van der Waals surface area contributed by atoms with Crippen molar-refractivity contribution in [1.82, 2.24) is 14.5 Å². The minimum Gasteiger partial charge on any atom is -0.300 e. The number of halogens is 3. The summed E-state index contributed by atoms with van der Waals surface area (Å²) in [6.45, 7) is 2.84. The molecule has 1 aromatic heterocycles. The first-order chi connectivity index (χ1) is 13.4. The van der Waals surface area contributed by atoms with E-state index in [2.05, 4.69) is 9.88 Å². The lowest BCUT2D eigenvalue weighted by atomic mass is 9.92. The molecule has 0 amide bonds. The zero-order chi connectivity index (χ0) is 19.7. The van der Waals surface area contributed by atoms with Gasteiger partial charge in [0, 0.05) is 12.6 Å². The van der Waals surface area contributed by atoms with Crippen molar-refractivity contribution in [3.8, 4) is 0 Å². The van der Waals surface area contributed by atoms with Crippen LogP contribution in [-0.4, -0.2) is 33.6 Å². The van der Waals surface area contributed by atoms with Crippen molar-refractivity contribution in [2.24, 2.45) is 5.92 Å². The molecular formula is C21H26F3N3O. The van der Waals surface area contributed by atoms with Crippen molar-refractivity contribution in [3.63, 3.8) is 0 Å². The van der Waals surface area contributed by atoms with Crippen molar-refractivity contribution in [2.45, 2.75) is 63.7 Å². The van der Waals surface area contributed by atoms with Gasteiger partial charge in [0.05, 0.1) is 22.8 Å².